The summed E-state index contributed by atoms with van der Waals surface area (Å²) in [6.07, 6.45) is 4.51. The van der Waals surface area contributed by atoms with Crippen LogP contribution in [0.1, 0.15) is 24.3 Å². The molecule has 0 spiro atoms. The highest BCUT2D eigenvalue weighted by Crippen LogP contribution is 2.26. The molecule has 2 N–H and O–H groups in total. The fraction of sp³-hybridized carbons (Fsp3) is 0.636. The van der Waals surface area contributed by atoms with E-state index < -0.39 is 0 Å². The van der Waals surface area contributed by atoms with E-state index in [0.717, 1.165) is 24.3 Å². The van der Waals surface area contributed by atoms with Crippen molar-refractivity contribution in [1.29, 1.82) is 0 Å². The fourth-order valence-electron chi connectivity index (χ4n) is 2.16. The van der Waals surface area contributed by atoms with Gasteiger partial charge in [0.05, 0.1) is 6.54 Å². The quantitative estimate of drug-likeness (QED) is 0.863. The van der Waals surface area contributed by atoms with Gasteiger partial charge in [0.2, 0.25) is 5.91 Å². The summed E-state index contributed by atoms with van der Waals surface area (Å²) < 4.78 is 0. The van der Waals surface area contributed by atoms with Gasteiger partial charge in [0.1, 0.15) is 5.01 Å². The predicted octanol–water partition coefficient (Wildman–Crippen LogP) is 1.23. The van der Waals surface area contributed by atoms with Crippen LogP contribution in [-0.4, -0.2) is 28.9 Å². The third-order valence-corrected chi connectivity index (χ3v) is 3.82. The van der Waals surface area contributed by atoms with E-state index in [0.29, 0.717) is 6.54 Å². The molecule has 1 aromatic heterocycles. The Morgan fingerprint density at radius 1 is 1.69 bits per heavy atom. The molecule has 1 saturated carbocycles. The van der Waals surface area contributed by atoms with Crippen molar-refractivity contribution < 1.29 is 4.79 Å². The van der Waals surface area contributed by atoms with Gasteiger partial charge in [-0.2, -0.15) is 0 Å². The third kappa shape index (κ3) is 2.59. The number of carbonyl (C=O) groups is 1. The summed E-state index contributed by atoms with van der Waals surface area (Å²) >= 11 is 1.58. The standard InChI is InChI=1S/C11H17N3OS/c1-14(7-10-13-4-5-16-10)11(15)8-2-3-9(12)6-8/h4-5,8-9H,2-3,6-7,12H2,1H3. The Hall–Kier alpha value is -0.940. The average Bonchev–Trinajstić information content (AvgIpc) is 2.88. The maximum absolute atomic E-state index is 12.1. The highest BCUT2D eigenvalue weighted by molar-refractivity contribution is 7.09. The van der Waals surface area contributed by atoms with Gasteiger partial charge in [-0.3, -0.25) is 4.79 Å². The van der Waals surface area contributed by atoms with E-state index in [1.54, 1.807) is 22.4 Å². The number of amides is 1. The lowest BCUT2D eigenvalue weighted by atomic mass is 10.1. The number of aromatic nitrogens is 1. The zero-order chi connectivity index (χ0) is 11.5. The fourth-order valence-corrected chi connectivity index (χ4v) is 2.83. The number of nitrogens with two attached hydrogens (primary N) is 1. The van der Waals surface area contributed by atoms with Gasteiger partial charge < -0.3 is 10.6 Å². The van der Waals surface area contributed by atoms with Gasteiger partial charge in [0, 0.05) is 30.6 Å². The first kappa shape index (κ1) is 11.5. The van der Waals surface area contributed by atoms with E-state index in [4.69, 9.17) is 5.73 Å². The molecule has 1 heterocycles. The summed E-state index contributed by atoms with van der Waals surface area (Å²) in [5.41, 5.74) is 5.82. The van der Waals surface area contributed by atoms with E-state index in [-0.39, 0.29) is 17.9 Å². The van der Waals surface area contributed by atoms with Crippen LogP contribution in [0, 0.1) is 5.92 Å². The summed E-state index contributed by atoms with van der Waals surface area (Å²) in [6, 6.07) is 0.210. The summed E-state index contributed by atoms with van der Waals surface area (Å²) in [5.74, 6) is 0.336. The van der Waals surface area contributed by atoms with Crippen molar-refractivity contribution in [3.63, 3.8) is 0 Å². The van der Waals surface area contributed by atoms with E-state index >= 15 is 0 Å². The Kier molecular flexibility index (Phi) is 3.56. The molecule has 1 fully saturated rings. The summed E-state index contributed by atoms with van der Waals surface area (Å²) in [5, 5.41) is 2.91. The van der Waals surface area contributed by atoms with Crippen LogP contribution in [0.25, 0.3) is 0 Å². The van der Waals surface area contributed by atoms with Crippen LogP contribution < -0.4 is 5.73 Å². The maximum atomic E-state index is 12.1. The van der Waals surface area contributed by atoms with Gasteiger partial charge in [-0.15, -0.1) is 11.3 Å². The van der Waals surface area contributed by atoms with Crippen molar-refractivity contribution in [2.45, 2.75) is 31.8 Å². The number of nitrogens with zero attached hydrogens (tertiary/aromatic N) is 2. The largest absolute Gasteiger partial charge is 0.339 e. The molecule has 16 heavy (non-hydrogen) atoms. The highest BCUT2D eigenvalue weighted by atomic mass is 32.1. The van der Waals surface area contributed by atoms with E-state index in [9.17, 15) is 4.79 Å². The summed E-state index contributed by atoms with van der Waals surface area (Å²) in [7, 11) is 1.84. The molecule has 1 aromatic rings. The Morgan fingerprint density at radius 2 is 2.50 bits per heavy atom. The predicted molar refractivity (Wildman–Crippen MR) is 63.9 cm³/mol. The topological polar surface area (TPSA) is 59.2 Å². The normalized spacial score (nSPS) is 24.6. The molecule has 0 bridgehead atoms. The molecule has 4 nitrogen and oxygen atoms in total. The van der Waals surface area contributed by atoms with Gasteiger partial charge in [0.25, 0.3) is 0 Å². The lowest BCUT2D eigenvalue weighted by Crippen LogP contribution is -2.32. The van der Waals surface area contributed by atoms with Crippen molar-refractivity contribution in [3.05, 3.63) is 16.6 Å². The molecule has 5 heteroatoms. The highest BCUT2D eigenvalue weighted by Gasteiger charge is 2.29. The van der Waals surface area contributed by atoms with Crippen LogP contribution in [0.5, 0.6) is 0 Å². The number of thiazole rings is 1. The Labute approximate surface area is 99.5 Å². The van der Waals surface area contributed by atoms with Crippen molar-refractivity contribution in [2.24, 2.45) is 11.7 Å². The van der Waals surface area contributed by atoms with Gasteiger partial charge in [-0.1, -0.05) is 0 Å². The first-order valence-corrected chi connectivity index (χ1v) is 6.43. The van der Waals surface area contributed by atoms with Crippen molar-refractivity contribution in [2.75, 3.05) is 7.05 Å². The SMILES string of the molecule is CN(Cc1nccs1)C(=O)C1CCC(N)C1. The second-order valence-corrected chi connectivity index (χ2v) is 5.37. The first-order valence-electron chi connectivity index (χ1n) is 5.55. The third-order valence-electron chi connectivity index (χ3n) is 3.05. The van der Waals surface area contributed by atoms with Crippen molar-refractivity contribution in [3.8, 4) is 0 Å². The Balaban J connectivity index is 1.89. The number of rotatable bonds is 3. The molecule has 1 aliphatic carbocycles. The average molecular weight is 239 g/mol. The molecule has 2 rings (SSSR count). The molecule has 0 aliphatic heterocycles. The lowest BCUT2D eigenvalue weighted by Gasteiger charge is -2.19. The van der Waals surface area contributed by atoms with Crippen LogP contribution in [-0.2, 0) is 11.3 Å². The first-order chi connectivity index (χ1) is 7.66. The minimum atomic E-state index is 0.125. The van der Waals surface area contributed by atoms with E-state index in [1.165, 1.54) is 0 Å². The smallest absolute Gasteiger partial charge is 0.225 e. The molecule has 0 saturated heterocycles. The van der Waals surface area contributed by atoms with Gasteiger partial charge in [-0.05, 0) is 19.3 Å². The van der Waals surface area contributed by atoms with Crippen LogP contribution in [0.2, 0.25) is 0 Å². The van der Waals surface area contributed by atoms with Crippen LogP contribution in [0.15, 0.2) is 11.6 Å². The molecule has 2 unspecified atom stereocenters. The van der Waals surface area contributed by atoms with Crippen LogP contribution in [0.4, 0.5) is 0 Å². The monoisotopic (exact) mass is 239 g/mol. The molecule has 1 aliphatic rings. The lowest BCUT2D eigenvalue weighted by molar-refractivity contribution is -0.134. The molecule has 0 radical (unpaired) electrons. The minimum Gasteiger partial charge on any atom is -0.339 e. The zero-order valence-corrected chi connectivity index (χ0v) is 10.2. The number of carbonyl (C=O) groups excluding carboxylic acids is 1. The molecule has 0 aromatic carbocycles. The molecule has 88 valence electrons. The number of hydrogen-bond acceptors (Lipinski definition) is 4. The molecule has 1 amide bonds. The number of hydrogen-bond donors (Lipinski definition) is 1. The van der Waals surface area contributed by atoms with Crippen LogP contribution >= 0.6 is 11.3 Å². The van der Waals surface area contributed by atoms with Crippen LogP contribution in [0.3, 0.4) is 0 Å². The Bertz CT molecular complexity index is 352. The second-order valence-electron chi connectivity index (χ2n) is 4.39. The van der Waals surface area contributed by atoms with Gasteiger partial charge >= 0.3 is 0 Å². The second kappa shape index (κ2) is 4.93. The van der Waals surface area contributed by atoms with E-state index in [1.807, 2.05) is 12.4 Å². The summed E-state index contributed by atoms with van der Waals surface area (Å²) in [4.78, 5) is 18.0. The van der Waals surface area contributed by atoms with Gasteiger partial charge in [-0.25, -0.2) is 4.98 Å². The molecular formula is C11H17N3OS. The van der Waals surface area contributed by atoms with Crippen molar-refractivity contribution >= 4 is 17.2 Å². The van der Waals surface area contributed by atoms with Crippen molar-refractivity contribution in [1.82, 2.24) is 9.88 Å². The maximum Gasteiger partial charge on any atom is 0.225 e. The molecule has 2 atom stereocenters. The zero-order valence-electron chi connectivity index (χ0n) is 9.43. The Morgan fingerprint density at radius 3 is 3.06 bits per heavy atom. The van der Waals surface area contributed by atoms with E-state index in [2.05, 4.69) is 4.98 Å². The molecular weight excluding hydrogens is 222 g/mol. The summed E-state index contributed by atoms with van der Waals surface area (Å²) in [6.45, 7) is 0.613. The van der Waals surface area contributed by atoms with Gasteiger partial charge in [0.15, 0.2) is 0 Å². The minimum absolute atomic E-state index is 0.125.